The highest BCUT2D eigenvalue weighted by molar-refractivity contribution is 7.98. The number of pyridine rings is 1. The van der Waals surface area contributed by atoms with Gasteiger partial charge in [0.2, 0.25) is 5.91 Å². The highest BCUT2D eigenvalue weighted by Crippen LogP contribution is 2.14. The maximum Gasteiger partial charge on any atom is 0.239 e. The minimum absolute atomic E-state index is 0. The minimum atomic E-state index is -0.409. The number of nitrogens with zero attached hydrogens (tertiary/aromatic N) is 3. The van der Waals surface area contributed by atoms with Crippen LogP contribution in [0.1, 0.15) is 6.42 Å². The lowest BCUT2D eigenvalue weighted by molar-refractivity contribution is -0.132. The fourth-order valence-electron chi connectivity index (χ4n) is 2.31. The Labute approximate surface area is 140 Å². The molecule has 0 aliphatic carbocycles. The number of thioether (sulfide) groups is 1. The summed E-state index contributed by atoms with van der Waals surface area (Å²) in [5.41, 5.74) is 5.92. The van der Waals surface area contributed by atoms with Crippen molar-refractivity contribution in [2.45, 2.75) is 12.5 Å². The molecule has 1 saturated heterocycles. The molecule has 22 heavy (non-hydrogen) atoms. The fraction of sp³-hybridized carbons (Fsp3) is 0.571. The summed E-state index contributed by atoms with van der Waals surface area (Å²) in [6.07, 6.45) is 3.93. The van der Waals surface area contributed by atoms with Crippen molar-refractivity contribution in [2.24, 2.45) is 5.73 Å². The molecular weight excluding hydrogens is 327 g/mol. The normalized spacial score (nSPS) is 16.1. The van der Waals surface area contributed by atoms with Gasteiger partial charge in [-0.2, -0.15) is 11.8 Å². The number of nitrogens with two attached hydrogens (primary N) is 1. The summed E-state index contributed by atoms with van der Waals surface area (Å²) in [7, 11) is 0. The Morgan fingerprint density at radius 3 is 2.64 bits per heavy atom. The molecule has 1 aliphatic rings. The van der Waals surface area contributed by atoms with Gasteiger partial charge in [-0.3, -0.25) is 4.79 Å². The van der Waals surface area contributed by atoms with Crippen LogP contribution >= 0.6 is 24.2 Å². The topological polar surface area (TPSA) is 62.5 Å². The highest BCUT2D eigenvalue weighted by atomic mass is 35.5. The van der Waals surface area contributed by atoms with E-state index in [4.69, 9.17) is 5.73 Å². The number of piperazine rings is 1. The number of anilines is 1. The summed E-state index contributed by atoms with van der Waals surface area (Å²) in [5.74, 6) is 1.32. The fourth-order valence-corrected chi connectivity index (χ4v) is 2.80. The lowest BCUT2D eigenvalue weighted by Gasteiger charge is -2.36. The second-order valence-electron chi connectivity index (χ2n) is 5.03. The van der Waals surface area contributed by atoms with Crippen LogP contribution in [-0.2, 0) is 4.79 Å². The Bertz CT molecular complexity index is 468. The summed E-state index contributed by atoms with van der Waals surface area (Å²) >= 11 is 1.69. The lowest BCUT2D eigenvalue weighted by atomic mass is 10.2. The molecular formula is C14H22ClFN4OS. The molecule has 0 radical (unpaired) electrons. The van der Waals surface area contributed by atoms with Gasteiger partial charge < -0.3 is 15.5 Å². The first-order chi connectivity index (χ1) is 10.1. The van der Waals surface area contributed by atoms with Crippen LogP contribution in [0.15, 0.2) is 18.3 Å². The number of carbonyl (C=O) groups is 1. The van der Waals surface area contributed by atoms with Crippen LogP contribution in [0, 0.1) is 5.82 Å². The predicted molar refractivity (Wildman–Crippen MR) is 91.2 cm³/mol. The largest absolute Gasteiger partial charge is 0.353 e. The van der Waals surface area contributed by atoms with Crippen molar-refractivity contribution in [1.82, 2.24) is 9.88 Å². The summed E-state index contributed by atoms with van der Waals surface area (Å²) in [4.78, 5) is 20.1. The molecule has 0 bridgehead atoms. The first-order valence-corrected chi connectivity index (χ1v) is 8.41. The maximum atomic E-state index is 12.9. The van der Waals surface area contributed by atoms with E-state index in [9.17, 15) is 9.18 Å². The van der Waals surface area contributed by atoms with Gasteiger partial charge in [-0.25, -0.2) is 9.37 Å². The standard InChI is InChI=1S/C14H21FN4OS.ClH/c1-21-9-4-12(16)14(20)19-7-5-18(6-8-19)13-3-2-11(15)10-17-13;/h2-3,10,12H,4-9,16H2,1H3;1H/t12-;/m0./s1. The van der Waals surface area contributed by atoms with Gasteiger partial charge in [0.15, 0.2) is 0 Å². The predicted octanol–water partition coefficient (Wildman–Crippen LogP) is 1.37. The molecule has 1 aliphatic heterocycles. The van der Waals surface area contributed by atoms with Gasteiger partial charge in [-0.15, -0.1) is 12.4 Å². The first kappa shape index (κ1) is 19.0. The zero-order valence-electron chi connectivity index (χ0n) is 12.6. The van der Waals surface area contributed by atoms with Crippen molar-refractivity contribution >= 4 is 35.9 Å². The van der Waals surface area contributed by atoms with Gasteiger partial charge in [0, 0.05) is 26.2 Å². The Morgan fingerprint density at radius 2 is 2.09 bits per heavy atom. The van der Waals surface area contributed by atoms with Gasteiger partial charge in [0.1, 0.15) is 11.6 Å². The number of carbonyl (C=O) groups excluding carboxylic acids is 1. The minimum Gasteiger partial charge on any atom is -0.353 e. The molecule has 2 N–H and O–H groups in total. The van der Waals surface area contributed by atoms with Gasteiger partial charge in [0.05, 0.1) is 12.2 Å². The quantitative estimate of drug-likeness (QED) is 0.870. The lowest BCUT2D eigenvalue weighted by Crippen LogP contribution is -2.53. The molecule has 1 aromatic heterocycles. The molecule has 0 unspecified atom stereocenters. The van der Waals surface area contributed by atoms with Crippen LogP contribution < -0.4 is 10.6 Å². The number of aromatic nitrogens is 1. The van der Waals surface area contributed by atoms with Crippen LogP contribution in [0.3, 0.4) is 0 Å². The Morgan fingerprint density at radius 1 is 1.41 bits per heavy atom. The van der Waals surface area contributed by atoms with Crippen molar-refractivity contribution in [2.75, 3.05) is 43.1 Å². The number of halogens is 2. The van der Waals surface area contributed by atoms with Crippen molar-refractivity contribution in [3.63, 3.8) is 0 Å². The smallest absolute Gasteiger partial charge is 0.239 e. The van der Waals surface area contributed by atoms with Gasteiger partial charge in [-0.05, 0) is 30.6 Å². The van der Waals surface area contributed by atoms with Crippen LogP contribution in [0.5, 0.6) is 0 Å². The molecule has 8 heteroatoms. The first-order valence-electron chi connectivity index (χ1n) is 7.01. The molecule has 1 aromatic rings. The molecule has 1 fully saturated rings. The SMILES string of the molecule is CSCC[C@H](N)C(=O)N1CCN(c2ccc(F)cn2)CC1.Cl. The summed E-state index contributed by atoms with van der Waals surface area (Å²) < 4.78 is 12.9. The molecule has 2 heterocycles. The molecule has 0 aromatic carbocycles. The highest BCUT2D eigenvalue weighted by Gasteiger charge is 2.25. The van der Waals surface area contributed by atoms with Crippen molar-refractivity contribution in [1.29, 1.82) is 0 Å². The third-order valence-electron chi connectivity index (χ3n) is 3.58. The number of hydrogen-bond acceptors (Lipinski definition) is 5. The number of hydrogen-bond donors (Lipinski definition) is 1. The van der Waals surface area contributed by atoms with E-state index in [0.717, 1.165) is 11.6 Å². The van der Waals surface area contributed by atoms with Crippen molar-refractivity contribution in [3.8, 4) is 0 Å². The van der Waals surface area contributed by atoms with Crippen molar-refractivity contribution in [3.05, 3.63) is 24.1 Å². The van der Waals surface area contributed by atoms with Crippen LogP contribution in [0.25, 0.3) is 0 Å². The van der Waals surface area contributed by atoms with E-state index in [0.29, 0.717) is 32.6 Å². The van der Waals surface area contributed by atoms with E-state index in [1.807, 2.05) is 11.2 Å². The molecule has 5 nitrogen and oxygen atoms in total. The monoisotopic (exact) mass is 348 g/mol. The molecule has 124 valence electrons. The number of rotatable bonds is 5. The van der Waals surface area contributed by atoms with E-state index in [1.54, 1.807) is 17.8 Å². The summed E-state index contributed by atoms with van der Waals surface area (Å²) in [6.45, 7) is 2.65. The molecule has 1 atom stereocenters. The maximum absolute atomic E-state index is 12.9. The second-order valence-corrected chi connectivity index (χ2v) is 6.02. The average Bonchev–Trinajstić information content (AvgIpc) is 2.53. The average molecular weight is 349 g/mol. The third-order valence-corrected chi connectivity index (χ3v) is 4.22. The van der Waals surface area contributed by atoms with Crippen LogP contribution in [-0.4, -0.2) is 60.0 Å². The zero-order valence-corrected chi connectivity index (χ0v) is 14.2. The van der Waals surface area contributed by atoms with Gasteiger partial charge in [-0.1, -0.05) is 0 Å². The van der Waals surface area contributed by atoms with Crippen LogP contribution in [0.4, 0.5) is 10.2 Å². The summed E-state index contributed by atoms with van der Waals surface area (Å²) in [5, 5.41) is 0. The van der Waals surface area contributed by atoms with E-state index >= 15 is 0 Å². The Balaban J connectivity index is 0.00000242. The number of amides is 1. The molecule has 0 spiro atoms. The van der Waals surface area contributed by atoms with Gasteiger partial charge >= 0.3 is 0 Å². The Kier molecular flexibility index (Phi) is 7.92. The zero-order chi connectivity index (χ0) is 15.2. The van der Waals surface area contributed by atoms with E-state index in [2.05, 4.69) is 9.88 Å². The third kappa shape index (κ3) is 5.00. The van der Waals surface area contributed by atoms with Gasteiger partial charge in [0.25, 0.3) is 0 Å². The van der Waals surface area contributed by atoms with E-state index in [-0.39, 0.29) is 24.1 Å². The van der Waals surface area contributed by atoms with Crippen LogP contribution in [0.2, 0.25) is 0 Å². The molecule has 2 rings (SSSR count). The van der Waals surface area contributed by atoms with Crippen molar-refractivity contribution < 1.29 is 9.18 Å². The second kappa shape index (κ2) is 9.17. The van der Waals surface area contributed by atoms with E-state index in [1.165, 1.54) is 12.3 Å². The Hall–Kier alpha value is -1.05. The molecule has 1 amide bonds. The molecule has 0 saturated carbocycles. The summed E-state index contributed by atoms with van der Waals surface area (Å²) in [6, 6.07) is 2.66. The van der Waals surface area contributed by atoms with E-state index < -0.39 is 6.04 Å².